The summed E-state index contributed by atoms with van der Waals surface area (Å²) in [6.45, 7) is 2.10. The van der Waals surface area contributed by atoms with Crippen LogP contribution < -0.4 is 0 Å². The highest BCUT2D eigenvalue weighted by Crippen LogP contribution is 2.54. The first-order chi connectivity index (χ1) is 15.1. The van der Waals surface area contributed by atoms with Gasteiger partial charge in [-0.3, -0.25) is 9.59 Å². The van der Waals surface area contributed by atoms with Crippen molar-refractivity contribution in [2.45, 2.75) is 25.9 Å². The smallest absolute Gasteiger partial charge is 0.310 e. The molecule has 1 aliphatic carbocycles. The number of esters is 1. The van der Waals surface area contributed by atoms with Gasteiger partial charge in [0.1, 0.15) is 6.61 Å². The first kappa shape index (κ1) is 20.9. The van der Waals surface area contributed by atoms with E-state index in [1.165, 1.54) is 0 Å². The molecule has 0 saturated heterocycles. The van der Waals surface area contributed by atoms with E-state index in [9.17, 15) is 14.7 Å². The van der Waals surface area contributed by atoms with Gasteiger partial charge in [0.25, 0.3) is 0 Å². The van der Waals surface area contributed by atoms with Crippen molar-refractivity contribution in [2.75, 3.05) is 0 Å². The second-order valence-corrected chi connectivity index (χ2v) is 8.03. The Morgan fingerprint density at radius 2 is 1.45 bits per heavy atom. The van der Waals surface area contributed by atoms with E-state index in [0.29, 0.717) is 6.42 Å². The van der Waals surface area contributed by atoms with Gasteiger partial charge in [0.05, 0.1) is 11.8 Å². The fourth-order valence-corrected chi connectivity index (χ4v) is 4.88. The number of carbonyl (C=O) groups is 2. The molecule has 0 radical (unpaired) electrons. The van der Waals surface area contributed by atoms with Crippen molar-refractivity contribution in [3.63, 3.8) is 0 Å². The maximum atomic E-state index is 13.2. The van der Waals surface area contributed by atoms with Gasteiger partial charge in [-0.15, -0.1) is 0 Å². The molecule has 1 N–H and O–H groups in total. The Bertz CT molecular complexity index is 1050. The van der Waals surface area contributed by atoms with Crippen molar-refractivity contribution in [2.24, 2.45) is 17.8 Å². The summed E-state index contributed by atoms with van der Waals surface area (Å²) in [5.74, 6) is -2.76. The standard InChI is InChI=1S/C27H26O4/c1-2-21-24(26(28)29)23(19-13-7-4-8-14-19)25(21)27(30)31-17-20-15-9-10-16-22(20)18-11-5-3-6-12-18/h3-16,21,23-25H,2,17H2,1H3,(H,28,29)/t21?,23-,24+,25-/m1/s1. The number of ether oxygens (including phenoxy) is 1. The summed E-state index contributed by atoms with van der Waals surface area (Å²) in [5, 5.41) is 9.78. The predicted octanol–water partition coefficient (Wildman–Crippen LogP) is 5.54. The zero-order valence-corrected chi connectivity index (χ0v) is 17.5. The number of carboxylic acids is 1. The fourth-order valence-electron chi connectivity index (χ4n) is 4.88. The molecular weight excluding hydrogens is 388 g/mol. The van der Waals surface area contributed by atoms with Gasteiger partial charge < -0.3 is 9.84 Å². The van der Waals surface area contributed by atoms with E-state index in [0.717, 1.165) is 22.3 Å². The third kappa shape index (κ3) is 4.11. The summed E-state index contributed by atoms with van der Waals surface area (Å²) in [7, 11) is 0. The van der Waals surface area contributed by atoms with E-state index < -0.39 is 17.8 Å². The molecule has 4 rings (SSSR count). The Morgan fingerprint density at radius 3 is 2.10 bits per heavy atom. The molecule has 0 amide bonds. The molecule has 1 aliphatic rings. The summed E-state index contributed by atoms with van der Waals surface area (Å²) in [6, 6.07) is 27.3. The van der Waals surface area contributed by atoms with Gasteiger partial charge in [0.15, 0.2) is 0 Å². The van der Waals surface area contributed by atoms with Crippen LogP contribution >= 0.6 is 0 Å². The summed E-state index contributed by atoms with van der Waals surface area (Å²) >= 11 is 0. The lowest BCUT2D eigenvalue weighted by Crippen LogP contribution is -2.52. The predicted molar refractivity (Wildman–Crippen MR) is 119 cm³/mol. The highest BCUT2D eigenvalue weighted by atomic mass is 16.5. The molecule has 1 saturated carbocycles. The molecule has 158 valence electrons. The second-order valence-electron chi connectivity index (χ2n) is 8.03. The van der Waals surface area contributed by atoms with Crippen molar-refractivity contribution in [3.05, 3.63) is 96.1 Å². The number of hydrogen-bond acceptors (Lipinski definition) is 3. The lowest BCUT2D eigenvalue weighted by molar-refractivity contribution is -0.170. The molecule has 3 aromatic rings. The van der Waals surface area contributed by atoms with Gasteiger partial charge in [-0.1, -0.05) is 98.3 Å². The lowest BCUT2D eigenvalue weighted by atomic mass is 9.53. The first-order valence-electron chi connectivity index (χ1n) is 10.7. The van der Waals surface area contributed by atoms with Gasteiger partial charge in [0, 0.05) is 5.92 Å². The third-order valence-electron chi connectivity index (χ3n) is 6.38. The molecule has 31 heavy (non-hydrogen) atoms. The quantitative estimate of drug-likeness (QED) is 0.516. The monoisotopic (exact) mass is 414 g/mol. The topological polar surface area (TPSA) is 63.6 Å². The van der Waals surface area contributed by atoms with Crippen LogP contribution in [0.3, 0.4) is 0 Å². The van der Waals surface area contributed by atoms with E-state index >= 15 is 0 Å². The molecule has 0 aliphatic heterocycles. The normalized spacial score (nSPS) is 22.4. The van der Waals surface area contributed by atoms with Gasteiger partial charge in [0.2, 0.25) is 0 Å². The van der Waals surface area contributed by atoms with Gasteiger partial charge in [-0.2, -0.15) is 0 Å². The van der Waals surface area contributed by atoms with Crippen molar-refractivity contribution in [1.82, 2.24) is 0 Å². The Morgan fingerprint density at radius 1 is 0.839 bits per heavy atom. The minimum Gasteiger partial charge on any atom is -0.481 e. The molecule has 1 unspecified atom stereocenters. The summed E-state index contributed by atoms with van der Waals surface area (Å²) in [5.41, 5.74) is 3.91. The minimum absolute atomic E-state index is 0.163. The number of benzene rings is 3. The number of carbonyl (C=O) groups excluding carboxylic acids is 1. The average molecular weight is 415 g/mol. The molecule has 4 atom stereocenters. The molecule has 1 fully saturated rings. The molecule has 4 heteroatoms. The van der Waals surface area contributed by atoms with Gasteiger partial charge in [-0.05, 0) is 28.2 Å². The Kier molecular flexibility index (Phi) is 6.17. The molecule has 4 nitrogen and oxygen atoms in total. The van der Waals surface area contributed by atoms with E-state index in [2.05, 4.69) is 0 Å². The molecular formula is C27H26O4. The molecule has 0 spiro atoms. The maximum absolute atomic E-state index is 13.2. The Hall–Kier alpha value is -3.40. The lowest BCUT2D eigenvalue weighted by Gasteiger charge is -2.48. The van der Waals surface area contributed by atoms with Crippen LogP contribution in [0.25, 0.3) is 11.1 Å². The van der Waals surface area contributed by atoms with Crippen LogP contribution in [-0.2, 0) is 20.9 Å². The second kappa shape index (κ2) is 9.17. The SMILES string of the molecule is CCC1[C@@H](C(=O)OCc2ccccc2-c2ccccc2)[C@H](c2ccccc2)[C@H]1C(=O)O. The summed E-state index contributed by atoms with van der Waals surface area (Å²) in [6.07, 6.45) is 0.626. The zero-order valence-electron chi connectivity index (χ0n) is 17.5. The average Bonchev–Trinajstić information content (AvgIpc) is 2.78. The highest BCUT2D eigenvalue weighted by molar-refractivity contribution is 5.83. The first-order valence-corrected chi connectivity index (χ1v) is 10.7. The highest BCUT2D eigenvalue weighted by Gasteiger charge is 2.57. The van der Waals surface area contributed by atoms with Gasteiger partial charge in [-0.25, -0.2) is 0 Å². The Balaban J connectivity index is 1.55. The van der Waals surface area contributed by atoms with Crippen LogP contribution in [0.5, 0.6) is 0 Å². The van der Waals surface area contributed by atoms with Crippen molar-refractivity contribution < 1.29 is 19.4 Å². The number of aliphatic carboxylic acids is 1. The van der Waals surface area contributed by atoms with Crippen LogP contribution in [0.2, 0.25) is 0 Å². The van der Waals surface area contributed by atoms with E-state index in [1.807, 2.05) is 91.9 Å². The van der Waals surface area contributed by atoms with Gasteiger partial charge >= 0.3 is 11.9 Å². The number of rotatable bonds is 7. The van der Waals surface area contributed by atoms with Crippen LogP contribution in [-0.4, -0.2) is 17.0 Å². The van der Waals surface area contributed by atoms with Crippen LogP contribution in [0, 0.1) is 17.8 Å². The van der Waals surface area contributed by atoms with E-state index in [1.54, 1.807) is 0 Å². The van der Waals surface area contributed by atoms with Crippen molar-refractivity contribution >= 4 is 11.9 Å². The van der Waals surface area contributed by atoms with Crippen molar-refractivity contribution in [1.29, 1.82) is 0 Å². The number of carboxylic acid groups (broad SMARTS) is 1. The Labute approximate surface area is 182 Å². The van der Waals surface area contributed by atoms with Crippen LogP contribution in [0.4, 0.5) is 0 Å². The molecule has 0 heterocycles. The van der Waals surface area contributed by atoms with Crippen LogP contribution in [0.15, 0.2) is 84.9 Å². The van der Waals surface area contributed by atoms with E-state index in [4.69, 9.17) is 4.74 Å². The number of hydrogen-bond donors (Lipinski definition) is 1. The molecule has 0 bridgehead atoms. The zero-order chi connectivity index (χ0) is 21.8. The van der Waals surface area contributed by atoms with Crippen LogP contribution in [0.1, 0.15) is 30.4 Å². The fraction of sp³-hybridized carbons (Fsp3) is 0.259. The largest absolute Gasteiger partial charge is 0.481 e. The summed E-state index contributed by atoms with van der Waals surface area (Å²) < 4.78 is 5.77. The molecule has 3 aromatic carbocycles. The van der Waals surface area contributed by atoms with E-state index in [-0.39, 0.29) is 24.4 Å². The molecule has 0 aromatic heterocycles. The maximum Gasteiger partial charge on any atom is 0.310 e. The minimum atomic E-state index is -0.848. The summed E-state index contributed by atoms with van der Waals surface area (Å²) in [4.78, 5) is 25.1. The third-order valence-corrected chi connectivity index (χ3v) is 6.38. The van der Waals surface area contributed by atoms with Crippen molar-refractivity contribution in [3.8, 4) is 11.1 Å².